The van der Waals surface area contributed by atoms with E-state index in [4.69, 9.17) is 14.2 Å². The number of ketones is 1. The number of fused-ring (bicyclic) bond motifs is 1. The van der Waals surface area contributed by atoms with Crippen molar-refractivity contribution in [2.45, 2.75) is 76.7 Å². The molecule has 2 fully saturated rings. The molecule has 2 aliphatic rings. The molecular formula is C19H26O4. The van der Waals surface area contributed by atoms with Crippen LogP contribution in [0.1, 0.15) is 52.0 Å². The van der Waals surface area contributed by atoms with Gasteiger partial charge in [-0.05, 0) is 45.6 Å². The smallest absolute Gasteiger partial charge is 0.164 e. The van der Waals surface area contributed by atoms with Crippen LogP contribution in [0.2, 0.25) is 0 Å². The Morgan fingerprint density at radius 1 is 1.26 bits per heavy atom. The molecule has 0 aromatic heterocycles. The zero-order chi connectivity index (χ0) is 16.5. The van der Waals surface area contributed by atoms with Gasteiger partial charge in [0, 0.05) is 6.42 Å². The number of hydrogen-bond acceptors (Lipinski definition) is 4. The lowest BCUT2D eigenvalue weighted by Crippen LogP contribution is -2.55. The number of rotatable bonds is 5. The lowest BCUT2D eigenvalue weighted by molar-refractivity contribution is -0.199. The molecule has 1 saturated heterocycles. The van der Waals surface area contributed by atoms with Crippen LogP contribution < -0.4 is 0 Å². The molecule has 3 rings (SSSR count). The van der Waals surface area contributed by atoms with E-state index in [9.17, 15) is 4.79 Å². The van der Waals surface area contributed by atoms with Gasteiger partial charge in [-0.15, -0.1) is 0 Å². The number of hydrogen-bond donors (Lipinski definition) is 0. The molecule has 1 aromatic carbocycles. The monoisotopic (exact) mass is 318 g/mol. The maximum absolute atomic E-state index is 11.9. The lowest BCUT2D eigenvalue weighted by atomic mass is 9.76. The predicted molar refractivity (Wildman–Crippen MR) is 86.9 cm³/mol. The molecule has 0 radical (unpaired) electrons. The fourth-order valence-electron chi connectivity index (χ4n) is 3.95. The number of carbonyl (C=O) groups excluding carboxylic acids is 1. The van der Waals surface area contributed by atoms with Crippen LogP contribution in [0.15, 0.2) is 30.3 Å². The molecule has 0 unspecified atom stereocenters. The first kappa shape index (κ1) is 16.6. The van der Waals surface area contributed by atoms with Gasteiger partial charge in [-0.25, -0.2) is 0 Å². The molecule has 1 aliphatic carbocycles. The molecule has 4 nitrogen and oxygen atoms in total. The third-order valence-corrected chi connectivity index (χ3v) is 4.70. The number of benzene rings is 1. The molecule has 0 amide bonds. The zero-order valence-electron chi connectivity index (χ0n) is 14.2. The Labute approximate surface area is 138 Å². The Hall–Kier alpha value is -1.23. The second-order valence-corrected chi connectivity index (χ2v) is 7.16. The van der Waals surface area contributed by atoms with E-state index in [0.717, 1.165) is 24.8 Å². The van der Waals surface area contributed by atoms with Gasteiger partial charge in [0.2, 0.25) is 0 Å². The lowest BCUT2D eigenvalue weighted by Gasteiger charge is -2.42. The topological polar surface area (TPSA) is 44.8 Å². The van der Waals surface area contributed by atoms with Crippen molar-refractivity contribution in [3.63, 3.8) is 0 Å². The Kier molecular flexibility index (Phi) is 4.59. The Bertz CT molecular complexity index is 554. The van der Waals surface area contributed by atoms with E-state index in [-0.39, 0.29) is 18.0 Å². The van der Waals surface area contributed by atoms with E-state index in [0.29, 0.717) is 13.0 Å². The van der Waals surface area contributed by atoms with Crippen molar-refractivity contribution in [1.29, 1.82) is 0 Å². The van der Waals surface area contributed by atoms with E-state index < -0.39 is 11.4 Å². The van der Waals surface area contributed by atoms with Crippen molar-refractivity contribution in [1.82, 2.24) is 0 Å². The number of carbonyl (C=O) groups is 1. The van der Waals surface area contributed by atoms with Crippen LogP contribution in [0.3, 0.4) is 0 Å². The maximum Gasteiger partial charge on any atom is 0.164 e. The highest BCUT2D eigenvalue weighted by Crippen LogP contribution is 2.48. The highest BCUT2D eigenvalue weighted by Gasteiger charge is 2.59. The van der Waals surface area contributed by atoms with E-state index in [1.165, 1.54) is 0 Å². The molecule has 23 heavy (non-hydrogen) atoms. The van der Waals surface area contributed by atoms with E-state index >= 15 is 0 Å². The fourth-order valence-corrected chi connectivity index (χ4v) is 3.95. The Morgan fingerprint density at radius 3 is 2.70 bits per heavy atom. The molecule has 0 N–H and O–H groups in total. The highest BCUT2D eigenvalue weighted by molar-refractivity contribution is 5.77. The second kappa shape index (κ2) is 6.34. The Morgan fingerprint density at radius 2 is 2.00 bits per heavy atom. The summed E-state index contributed by atoms with van der Waals surface area (Å²) in [7, 11) is 0. The number of ether oxygens (including phenoxy) is 3. The van der Waals surface area contributed by atoms with Crippen LogP contribution in [0.25, 0.3) is 0 Å². The van der Waals surface area contributed by atoms with Gasteiger partial charge in [0.05, 0.1) is 18.8 Å². The van der Waals surface area contributed by atoms with E-state index in [2.05, 4.69) is 0 Å². The summed E-state index contributed by atoms with van der Waals surface area (Å²) in [6, 6.07) is 10.1. The average molecular weight is 318 g/mol. The normalized spacial score (nSPS) is 32.5. The second-order valence-electron chi connectivity index (χ2n) is 7.16. The molecule has 3 atom stereocenters. The first-order valence-corrected chi connectivity index (χ1v) is 8.44. The first-order chi connectivity index (χ1) is 10.9. The molecule has 126 valence electrons. The van der Waals surface area contributed by atoms with Gasteiger partial charge in [-0.1, -0.05) is 30.3 Å². The quantitative estimate of drug-likeness (QED) is 0.831. The van der Waals surface area contributed by atoms with Gasteiger partial charge in [-0.3, -0.25) is 4.79 Å². The van der Waals surface area contributed by atoms with Gasteiger partial charge >= 0.3 is 0 Å². The van der Waals surface area contributed by atoms with Crippen LogP contribution in [0, 0.1) is 0 Å². The molecule has 1 aromatic rings. The first-order valence-electron chi connectivity index (χ1n) is 8.44. The van der Waals surface area contributed by atoms with Crippen LogP contribution in [0.4, 0.5) is 0 Å². The standard InChI is InChI=1S/C19H26O4/c1-14(20)12-19-16(21-13-15-8-5-4-6-9-15)10-7-11-17(19)22-18(2,3)23-19/h4-6,8-9,16-17H,7,10-13H2,1-3H3/t16-,17+,19-/m0/s1. The van der Waals surface area contributed by atoms with Gasteiger partial charge in [-0.2, -0.15) is 0 Å². The SMILES string of the molecule is CC(=O)C[C@@]12OC(C)(C)O[C@@H]1CCC[C@@H]2OCc1ccccc1. The largest absolute Gasteiger partial charge is 0.370 e. The molecule has 0 bridgehead atoms. The van der Waals surface area contributed by atoms with Crippen LogP contribution in [0.5, 0.6) is 0 Å². The summed E-state index contributed by atoms with van der Waals surface area (Å²) in [6.07, 6.45) is 3.00. The minimum Gasteiger partial charge on any atom is -0.370 e. The van der Waals surface area contributed by atoms with Crippen molar-refractivity contribution in [3.05, 3.63) is 35.9 Å². The minimum absolute atomic E-state index is 0.0732. The Balaban J connectivity index is 1.80. The minimum atomic E-state index is -0.668. The van der Waals surface area contributed by atoms with Gasteiger partial charge in [0.1, 0.15) is 11.4 Å². The van der Waals surface area contributed by atoms with Crippen LogP contribution in [-0.4, -0.2) is 29.4 Å². The third kappa shape index (κ3) is 3.49. The van der Waals surface area contributed by atoms with Crippen molar-refractivity contribution < 1.29 is 19.0 Å². The summed E-state index contributed by atoms with van der Waals surface area (Å²) in [5.41, 5.74) is 0.480. The van der Waals surface area contributed by atoms with Crippen LogP contribution >= 0.6 is 0 Å². The molecule has 0 spiro atoms. The zero-order valence-corrected chi connectivity index (χ0v) is 14.2. The summed E-state index contributed by atoms with van der Waals surface area (Å²) in [4.78, 5) is 11.9. The van der Waals surface area contributed by atoms with Crippen molar-refractivity contribution in [3.8, 4) is 0 Å². The van der Waals surface area contributed by atoms with E-state index in [1.54, 1.807) is 6.92 Å². The molecule has 1 heterocycles. The summed E-state index contributed by atoms with van der Waals surface area (Å²) < 4.78 is 18.6. The third-order valence-electron chi connectivity index (χ3n) is 4.70. The van der Waals surface area contributed by atoms with Crippen molar-refractivity contribution >= 4 is 5.78 Å². The summed E-state index contributed by atoms with van der Waals surface area (Å²) >= 11 is 0. The van der Waals surface area contributed by atoms with Gasteiger partial charge in [0.25, 0.3) is 0 Å². The summed E-state index contributed by atoms with van der Waals surface area (Å²) in [5, 5.41) is 0. The summed E-state index contributed by atoms with van der Waals surface area (Å²) in [5.74, 6) is -0.551. The number of Topliss-reactive ketones (excluding diaryl/α,β-unsaturated/α-hetero) is 1. The molecular weight excluding hydrogens is 292 g/mol. The molecule has 1 aliphatic heterocycles. The average Bonchev–Trinajstić information content (AvgIpc) is 2.75. The summed E-state index contributed by atoms with van der Waals surface area (Å²) in [6.45, 7) is 5.98. The van der Waals surface area contributed by atoms with Crippen LogP contribution in [-0.2, 0) is 25.6 Å². The highest BCUT2D eigenvalue weighted by atomic mass is 16.8. The molecule has 4 heteroatoms. The fraction of sp³-hybridized carbons (Fsp3) is 0.632. The van der Waals surface area contributed by atoms with Crippen molar-refractivity contribution in [2.24, 2.45) is 0 Å². The molecule has 1 saturated carbocycles. The van der Waals surface area contributed by atoms with Gasteiger partial charge < -0.3 is 14.2 Å². The predicted octanol–water partition coefficient (Wildman–Crippen LogP) is 3.63. The van der Waals surface area contributed by atoms with Crippen molar-refractivity contribution in [2.75, 3.05) is 0 Å². The van der Waals surface area contributed by atoms with E-state index in [1.807, 2.05) is 44.2 Å². The maximum atomic E-state index is 11.9. The van der Waals surface area contributed by atoms with Gasteiger partial charge in [0.15, 0.2) is 5.79 Å².